The number of nitrogens with zero attached hydrogens (tertiary/aromatic N) is 4. The van der Waals surface area contributed by atoms with E-state index in [2.05, 4.69) is 20.3 Å². The molecule has 0 saturated carbocycles. The molecule has 0 spiro atoms. The van der Waals surface area contributed by atoms with Crippen LogP contribution in [0.15, 0.2) is 41.4 Å². The molecule has 5 nitrogen and oxygen atoms in total. The van der Waals surface area contributed by atoms with E-state index < -0.39 is 0 Å². The first kappa shape index (κ1) is 15.8. The number of aromatic amines is 1. The van der Waals surface area contributed by atoms with Gasteiger partial charge in [-0.15, -0.1) is 11.8 Å². The molecule has 0 unspecified atom stereocenters. The lowest BCUT2D eigenvalue weighted by Gasteiger charge is -2.01. The molecule has 0 aliphatic rings. The zero-order valence-corrected chi connectivity index (χ0v) is 14.9. The van der Waals surface area contributed by atoms with Crippen molar-refractivity contribution in [2.75, 3.05) is 6.26 Å². The summed E-state index contributed by atoms with van der Waals surface area (Å²) in [5.41, 5.74) is 6.16. The van der Waals surface area contributed by atoms with Gasteiger partial charge in [0.1, 0.15) is 10.8 Å². The Hall–Kier alpha value is -2.67. The van der Waals surface area contributed by atoms with Crippen molar-refractivity contribution in [1.82, 2.24) is 24.8 Å². The number of halogens is 1. The predicted molar refractivity (Wildman–Crippen MR) is 97.2 cm³/mol. The van der Waals surface area contributed by atoms with Crippen LogP contribution in [0.5, 0.6) is 0 Å². The van der Waals surface area contributed by atoms with Gasteiger partial charge in [-0.25, -0.2) is 13.9 Å². The quantitative estimate of drug-likeness (QED) is 0.559. The van der Waals surface area contributed by atoms with Crippen LogP contribution in [0.2, 0.25) is 0 Å². The average Bonchev–Trinajstić information content (AvgIpc) is 3.19. The summed E-state index contributed by atoms with van der Waals surface area (Å²) in [5.74, 6) is -0.262. The number of thioether (sulfide) groups is 1. The van der Waals surface area contributed by atoms with Crippen LogP contribution in [0.3, 0.4) is 0 Å². The molecule has 25 heavy (non-hydrogen) atoms. The summed E-state index contributed by atoms with van der Waals surface area (Å²) in [6.07, 6.45) is 1.99. The van der Waals surface area contributed by atoms with E-state index in [1.165, 1.54) is 12.1 Å². The fourth-order valence-electron chi connectivity index (χ4n) is 2.90. The number of hydrogen-bond acceptors (Lipinski definition) is 4. The minimum absolute atomic E-state index is 0.262. The van der Waals surface area contributed by atoms with Crippen LogP contribution < -0.4 is 0 Å². The molecule has 3 heterocycles. The maximum atomic E-state index is 13.1. The fourth-order valence-corrected chi connectivity index (χ4v) is 3.47. The highest BCUT2D eigenvalue weighted by Crippen LogP contribution is 2.34. The van der Waals surface area contributed by atoms with Gasteiger partial charge in [-0.1, -0.05) is 0 Å². The Morgan fingerprint density at radius 3 is 2.60 bits per heavy atom. The zero-order valence-electron chi connectivity index (χ0n) is 14.0. The van der Waals surface area contributed by atoms with Gasteiger partial charge >= 0.3 is 0 Å². The van der Waals surface area contributed by atoms with Crippen molar-refractivity contribution in [3.05, 3.63) is 53.6 Å². The van der Waals surface area contributed by atoms with E-state index in [1.54, 1.807) is 23.9 Å². The van der Waals surface area contributed by atoms with Crippen LogP contribution in [0, 0.1) is 19.7 Å². The SMILES string of the molecule is CSc1nn2c(C)cc(C)nc2c1-c1cc(-c2ccc(F)cc2)n[nH]1. The highest BCUT2D eigenvalue weighted by molar-refractivity contribution is 7.98. The Labute approximate surface area is 148 Å². The minimum Gasteiger partial charge on any atom is -0.277 e. The Balaban J connectivity index is 1.89. The lowest BCUT2D eigenvalue weighted by molar-refractivity contribution is 0.628. The molecule has 0 amide bonds. The molecule has 7 heteroatoms. The molecule has 4 rings (SSSR count). The van der Waals surface area contributed by atoms with E-state index in [9.17, 15) is 4.39 Å². The average molecular weight is 353 g/mol. The molecule has 0 bridgehead atoms. The summed E-state index contributed by atoms with van der Waals surface area (Å²) in [6, 6.07) is 10.2. The van der Waals surface area contributed by atoms with E-state index in [1.807, 2.05) is 36.8 Å². The van der Waals surface area contributed by atoms with Gasteiger partial charge in [-0.3, -0.25) is 5.10 Å². The van der Waals surface area contributed by atoms with Crippen molar-refractivity contribution in [2.45, 2.75) is 18.9 Å². The van der Waals surface area contributed by atoms with E-state index in [4.69, 9.17) is 0 Å². The van der Waals surface area contributed by atoms with Gasteiger partial charge in [0.15, 0.2) is 5.65 Å². The smallest absolute Gasteiger partial charge is 0.166 e. The topological polar surface area (TPSA) is 58.9 Å². The van der Waals surface area contributed by atoms with Crippen LogP contribution >= 0.6 is 11.8 Å². The second kappa shape index (κ2) is 6.00. The highest BCUT2D eigenvalue weighted by Gasteiger charge is 2.19. The number of rotatable bonds is 3. The Morgan fingerprint density at radius 2 is 1.88 bits per heavy atom. The van der Waals surface area contributed by atoms with E-state index >= 15 is 0 Å². The standard InChI is InChI=1S/C18H16FN5S/c1-10-8-11(2)24-17(20-10)16(18(23-24)25-3)15-9-14(21-22-15)12-4-6-13(19)7-5-12/h4-9H,1-3H3,(H,21,22). The van der Waals surface area contributed by atoms with Gasteiger partial charge in [0.05, 0.1) is 17.0 Å². The molecule has 3 aromatic heterocycles. The van der Waals surface area contributed by atoms with Crippen molar-refractivity contribution < 1.29 is 4.39 Å². The number of benzene rings is 1. The molecule has 1 aromatic carbocycles. The molecule has 0 atom stereocenters. The Bertz CT molecular complexity index is 1070. The molecular weight excluding hydrogens is 337 g/mol. The summed E-state index contributed by atoms with van der Waals surface area (Å²) in [6.45, 7) is 3.99. The summed E-state index contributed by atoms with van der Waals surface area (Å²) >= 11 is 1.57. The number of fused-ring (bicyclic) bond motifs is 1. The summed E-state index contributed by atoms with van der Waals surface area (Å²) in [4.78, 5) is 4.66. The second-order valence-electron chi connectivity index (χ2n) is 5.83. The first-order valence-corrected chi connectivity index (χ1v) is 9.02. The number of nitrogens with one attached hydrogen (secondary N) is 1. The van der Waals surface area contributed by atoms with Crippen LogP contribution in [-0.4, -0.2) is 31.1 Å². The lowest BCUT2D eigenvalue weighted by Crippen LogP contribution is -1.97. The highest BCUT2D eigenvalue weighted by atomic mass is 32.2. The first-order valence-electron chi connectivity index (χ1n) is 7.79. The zero-order chi connectivity index (χ0) is 17.6. The number of aryl methyl sites for hydroxylation is 2. The van der Waals surface area contributed by atoms with E-state index in [0.29, 0.717) is 0 Å². The monoisotopic (exact) mass is 353 g/mol. The van der Waals surface area contributed by atoms with Crippen LogP contribution in [0.25, 0.3) is 28.2 Å². The van der Waals surface area contributed by atoms with Gasteiger partial charge in [0.25, 0.3) is 0 Å². The normalized spacial score (nSPS) is 11.4. The van der Waals surface area contributed by atoms with Crippen molar-refractivity contribution in [2.24, 2.45) is 0 Å². The predicted octanol–water partition coefficient (Wildman–Crippen LogP) is 4.26. The van der Waals surface area contributed by atoms with E-state index in [-0.39, 0.29) is 5.82 Å². The van der Waals surface area contributed by atoms with E-state index in [0.717, 1.165) is 44.6 Å². The van der Waals surface area contributed by atoms with Gasteiger partial charge in [0.2, 0.25) is 0 Å². The molecule has 0 aliphatic heterocycles. The second-order valence-corrected chi connectivity index (χ2v) is 6.63. The van der Waals surface area contributed by atoms with Gasteiger partial charge in [-0.2, -0.15) is 10.2 Å². The molecule has 0 radical (unpaired) electrons. The van der Waals surface area contributed by atoms with Crippen molar-refractivity contribution in [1.29, 1.82) is 0 Å². The van der Waals surface area contributed by atoms with Crippen LogP contribution in [-0.2, 0) is 0 Å². The van der Waals surface area contributed by atoms with Gasteiger partial charge in [-0.05, 0) is 56.5 Å². The maximum Gasteiger partial charge on any atom is 0.166 e. The molecule has 0 aliphatic carbocycles. The first-order chi connectivity index (χ1) is 12.1. The van der Waals surface area contributed by atoms with Gasteiger partial charge in [0, 0.05) is 17.0 Å². The number of aromatic nitrogens is 5. The summed E-state index contributed by atoms with van der Waals surface area (Å²) < 4.78 is 15.0. The Kier molecular flexibility index (Phi) is 3.80. The van der Waals surface area contributed by atoms with Crippen molar-refractivity contribution in [3.63, 3.8) is 0 Å². The molecule has 4 aromatic rings. The largest absolute Gasteiger partial charge is 0.277 e. The molecule has 0 saturated heterocycles. The lowest BCUT2D eigenvalue weighted by atomic mass is 10.1. The van der Waals surface area contributed by atoms with Crippen LogP contribution in [0.4, 0.5) is 4.39 Å². The summed E-state index contributed by atoms with van der Waals surface area (Å²) in [7, 11) is 0. The summed E-state index contributed by atoms with van der Waals surface area (Å²) in [5, 5.41) is 13.0. The third kappa shape index (κ3) is 2.70. The molecule has 126 valence electrons. The van der Waals surface area contributed by atoms with Crippen molar-refractivity contribution >= 4 is 17.4 Å². The molecule has 0 fully saturated rings. The van der Waals surface area contributed by atoms with Crippen LogP contribution in [0.1, 0.15) is 11.4 Å². The molecular formula is C18H16FN5S. The third-order valence-electron chi connectivity index (χ3n) is 4.04. The van der Waals surface area contributed by atoms with Crippen molar-refractivity contribution in [3.8, 4) is 22.5 Å². The third-order valence-corrected chi connectivity index (χ3v) is 4.72. The Morgan fingerprint density at radius 1 is 1.12 bits per heavy atom. The van der Waals surface area contributed by atoms with Gasteiger partial charge < -0.3 is 0 Å². The number of hydrogen-bond donors (Lipinski definition) is 1. The minimum atomic E-state index is -0.262. The number of H-pyrrole nitrogens is 1. The maximum absolute atomic E-state index is 13.1. The molecule has 1 N–H and O–H groups in total. The fraction of sp³-hybridized carbons (Fsp3) is 0.167.